The van der Waals surface area contributed by atoms with Gasteiger partial charge in [-0.1, -0.05) is 6.07 Å². The van der Waals surface area contributed by atoms with E-state index in [0.717, 1.165) is 37.0 Å². The molecule has 2 heterocycles. The lowest BCUT2D eigenvalue weighted by molar-refractivity contribution is -0.120. The van der Waals surface area contributed by atoms with Gasteiger partial charge in [0, 0.05) is 30.7 Å². The molecular weight excluding hydrogens is 327 g/mol. The predicted octanol–water partition coefficient (Wildman–Crippen LogP) is 3.04. The third-order valence-electron chi connectivity index (χ3n) is 4.09. The van der Waals surface area contributed by atoms with Gasteiger partial charge < -0.3 is 10.2 Å². The summed E-state index contributed by atoms with van der Waals surface area (Å²) in [6, 6.07) is 9.98. The molecule has 1 aromatic carbocycles. The summed E-state index contributed by atoms with van der Waals surface area (Å²) in [5.41, 5.74) is 1.50. The van der Waals surface area contributed by atoms with E-state index in [1.165, 1.54) is 12.1 Å². The van der Waals surface area contributed by atoms with E-state index in [0.29, 0.717) is 17.3 Å². The van der Waals surface area contributed by atoms with Gasteiger partial charge in [-0.3, -0.25) is 9.93 Å². The summed E-state index contributed by atoms with van der Waals surface area (Å²) in [5.74, 6) is -0.429. The second-order valence-electron chi connectivity index (χ2n) is 5.75. The molecule has 3 N–H and O–H groups in total. The molecule has 24 heavy (non-hydrogen) atoms. The van der Waals surface area contributed by atoms with Gasteiger partial charge in [0.2, 0.25) is 5.91 Å². The van der Waals surface area contributed by atoms with Crippen molar-refractivity contribution < 1.29 is 9.18 Å². The monoisotopic (exact) mass is 346 g/mol. The van der Waals surface area contributed by atoms with Gasteiger partial charge in [0.05, 0.1) is 5.92 Å². The number of piperidine rings is 1. The normalized spacial score (nSPS) is 17.6. The Kier molecular flexibility index (Phi) is 5.32. The highest BCUT2D eigenvalue weighted by Gasteiger charge is 2.26. The molecule has 1 saturated heterocycles. The number of halogens is 1. The molecule has 0 spiro atoms. The highest BCUT2D eigenvalue weighted by Crippen LogP contribution is 2.25. The fourth-order valence-electron chi connectivity index (χ4n) is 2.89. The van der Waals surface area contributed by atoms with Crippen LogP contribution >= 0.6 is 11.9 Å². The van der Waals surface area contributed by atoms with Crippen molar-refractivity contribution in [1.82, 2.24) is 4.98 Å². The van der Waals surface area contributed by atoms with Crippen molar-refractivity contribution in [2.45, 2.75) is 17.9 Å². The first-order chi connectivity index (χ1) is 11.7. The molecule has 1 atom stereocenters. The average molecular weight is 346 g/mol. The van der Waals surface area contributed by atoms with E-state index in [1.807, 2.05) is 6.07 Å². The summed E-state index contributed by atoms with van der Waals surface area (Å²) in [4.78, 5) is 18.7. The minimum atomic E-state index is -0.261. The van der Waals surface area contributed by atoms with Crippen LogP contribution in [-0.2, 0) is 4.79 Å². The van der Waals surface area contributed by atoms with Gasteiger partial charge >= 0.3 is 0 Å². The van der Waals surface area contributed by atoms with Crippen molar-refractivity contribution >= 4 is 29.2 Å². The van der Waals surface area contributed by atoms with E-state index >= 15 is 0 Å². The number of pyridine rings is 1. The number of hydrogen-bond acceptors (Lipinski definition) is 5. The van der Waals surface area contributed by atoms with Crippen LogP contribution < -0.4 is 15.4 Å². The first kappa shape index (κ1) is 16.7. The Balaban J connectivity index is 1.66. The molecule has 0 aliphatic carbocycles. The Labute approximate surface area is 144 Å². The Morgan fingerprint density at radius 1 is 1.38 bits per heavy atom. The molecule has 1 aliphatic heterocycles. The van der Waals surface area contributed by atoms with Gasteiger partial charge in [-0.15, -0.1) is 0 Å². The topological polar surface area (TPSA) is 71.2 Å². The number of aromatic nitrogens is 1. The summed E-state index contributed by atoms with van der Waals surface area (Å²) < 4.78 is 13.4. The molecule has 126 valence electrons. The number of hydrogen-bond donors (Lipinski definition) is 2. The molecule has 1 aliphatic rings. The molecule has 2 aromatic rings. The number of nitrogens with zero attached hydrogens (tertiary/aromatic N) is 2. The van der Waals surface area contributed by atoms with Crippen molar-refractivity contribution in [3.05, 3.63) is 48.4 Å². The Morgan fingerprint density at radius 3 is 3.04 bits per heavy atom. The molecule has 1 aromatic heterocycles. The molecule has 0 radical (unpaired) electrons. The fraction of sp³-hybridized carbons (Fsp3) is 0.294. The van der Waals surface area contributed by atoms with Crippen molar-refractivity contribution in [2.24, 2.45) is 11.1 Å². The van der Waals surface area contributed by atoms with Crippen LogP contribution in [0.15, 0.2) is 47.6 Å². The van der Waals surface area contributed by atoms with Crippen LogP contribution in [0.2, 0.25) is 0 Å². The zero-order valence-electron chi connectivity index (χ0n) is 13.1. The number of benzene rings is 1. The van der Waals surface area contributed by atoms with Crippen molar-refractivity contribution in [2.75, 3.05) is 23.3 Å². The predicted molar refractivity (Wildman–Crippen MR) is 94.2 cm³/mol. The van der Waals surface area contributed by atoms with E-state index in [4.69, 9.17) is 5.14 Å². The van der Waals surface area contributed by atoms with E-state index < -0.39 is 0 Å². The lowest BCUT2D eigenvalue weighted by Gasteiger charge is -2.33. The second-order valence-corrected chi connectivity index (χ2v) is 6.41. The quantitative estimate of drug-likeness (QED) is 0.833. The van der Waals surface area contributed by atoms with Crippen LogP contribution in [0, 0.1) is 11.7 Å². The van der Waals surface area contributed by atoms with Gasteiger partial charge in [-0.05, 0) is 55.1 Å². The molecule has 5 nitrogen and oxygen atoms in total. The van der Waals surface area contributed by atoms with Crippen LogP contribution in [0.25, 0.3) is 0 Å². The minimum Gasteiger partial charge on any atom is -0.371 e. The maximum atomic E-state index is 13.4. The number of rotatable bonds is 4. The fourth-order valence-corrected chi connectivity index (χ4v) is 3.21. The molecule has 7 heteroatoms. The molecule has 1 amide bonds. The van der Waals surface area contributed by atoms with Crippen LogP contribution in [0.5, 0.6) is 0 Å². The lowest BCUT2D eigenvalue weighted by Crippen LogP contribution is -2.40. The third-order valence-corrected chi connectivity index (χ3v) is 4.55. The van der Waals surface area contributed by atoms with Crippen LogP contribution in [-0.4, -0.2) is 24.0 Å². The van der Waals surface area contributed by atoms with E-state index in [2.05, 4.69) is 15.2 Å². The van der Waals surface area contributed by atoms with Crippen molar-refractivity contribution in [3.63, 3.8) is 0 Å². The van der Waals surface area contributed by atoms with Crippen molar-refractivity contribution in [1.29, 1.82) is 0 Å². The lowest BCUT2D eigenvalue weighted by atomic mass is 9.96. The highest BCUT2D eigenvalue weighted by molar-refractivity contribution is 7.97. The summed E-state index contributed by atoms with van der Waals surface area (Å²) in [5, 5.41) is 9.06. The highest BCUT2D eigenvalue weighted by atomic mass is 32.2. The summed E-state index contributed by atoms with van der Waals surface area (Å²) in [7, 11) is 0. The Bertz CT molecular complexity index is 727. The molecule has 1 fully saturated rings. The number of nitrogens with two attached hydrogens (primary N) is 1. The number of nitrogens with one attached hydrogen (secondary N) is 1. The number of carbonyl (C=O) groups excluding carboxylic acids is 1. The zero-order valence-corrected chi connectivity index (χ0v) is 13.9. The summed E-state index contributed by atoms with van der Waals surface area (Å²) in [6.07, 6.45) is 3.33. The van der Waals surface area contributed by atoms with E-state index in [-0.39, 0.29) is 17.6 Å². The Hall–Kier alpha value is -2.12. The van der Waals surface area contributed by atoms with Gasteiger partial charge in [0.15, 0.2) is 0 Å². The van der Waals surface area contributed by atoms with Crippen LogP contribution in [0.4, 0.5) is 15.8 Å². The average Bonchev–Trinajstić information content (AvgIpc) is 2.62. The van der Waals surface area contributed by atoms with E-state index in [1.54, 1.807) is 24.4 Å². The standard InChI is InChI=1S/C17H19FN4OS/c18-13-4-1-5-15(9-13)22-8-2-3-12(11-22)17(23)21-14-6-7-20-16(10-14)24-19/h1,4-7,9-10,12H,2-3,8,11,19H2,(H,20,21,23). The summed E-state index contributed by atoms with van der Waals surface area (Å²) in [6.45, 7) is 1.41. The van der Waals surface area contributed by atoms with Crippen molar-refractivity contribution in [3.8, 4) is 0 Å². The van der Waals surface area contributed by atoms with E-state index in [9.17, 15) is 9.18 Å². The molecule has 0 bridgehead atoms. The molecular formula is C17H19FN4OS. The molecule has 3 rings (SSSR count). The number of carbonyl (C=O) groups is 1. The van der Waals surface area contributed by atoms with Crippen LogP contribution in [0.3, 0.4) is 0 Å². The molecule has 0 saturated carbocycles. The van der Waals surface area contributed by atoms with Gasteiger partial charge in [-0.2, -0.15) is 0 Å². The van der Waals surface area contributed by atoms with Gasteiger partial charge in [-0.25, -0.2) is 9.37 Å². The third kappa shape index (κ3) is 4.04. The Morgan fingerprint density at radius 2 is 2.25 bits per heavy atom. The number of anilines is 2. The smallest absolute Gasteiger partial charge is 0.229 e. The second kappa shape index (κ2) is 7.63. The molecule has 1 unspecified atom stereocenters. The van der Waals surface area contributed by atoms with Gasteiger partial charge in [0.25, 0.3) is 0 Å². The first-order valence-corrected chi connectivity index (χ1v) is 8.68. The van der Waals surface area contributed by atoms with Gasteiger partial charge in [0.1, 0.15) is 10.8 Å². The maximum absolute atomic E-state index is 13.4. The van der Waals surface area contributed by atoms with Crippen LogP contribution in [0.1, 0.15) is 12.8 Å². The number of amides is 1. The summed E-state index contributed by atoms with van der Waals surface area (Å²) >= 11 is 1.04. The SMILES string of the molecule is NSc1cc(NC(=O)C2CCCN(c3cccc(F)c3)C2)ccn1. The minimum absolute atomic E-state index is 0.0322. The first-order valence-electron chi connectivity index (χ1n) is 7.80. The maximum Gasteiger partial charge on any atom is 0.229 e. The zero-order chi connectivity index (χ0) is 16.9. The largest absolute Gasteiger partial charge is 0.371 e.